The number of nitrogen functional groups attached to an aromatic ring is 1. The number of hydrogen-bond donors (Lipinski definition) is 1. The third-order valence-corrected chi connectivity index (χ3v) is 5.68. The van der Waals surface area contributed by atoms with Crippen molar-refractivity contribution < 1.29 is 9.18 Å². The SMILES string of the molecule is Cc1ncsc1C(=O)N1CCCC1c1nc(N)ncc1-c1ccc(F)cc1. The maximum Gasteiger partial charge on any atom is 0.266 e. The Kier molecular flexibility index (Phi) is 4.57. The molecule has 0 spiro atoms. The minimum Gasteiger partial charge on any atom is -0.368 e. The highest BCUT2D eigenvalue weighted by Crippen LogP contribution is 2.38. The van der Waals surface area contributed by atoms with Crippen molar-refractivity contribution in [2.45, 2.75) is 25.8 Å². The fourth-order valence-corrected chi connectivity index (χ4v) is 4.20. The lowest BCUT2D eigenvalue weighted by molar-refractivity contribution is 0.0737. The van der Waals surface area contributed by atoms with Crippen molar-refractivity contribution in [1.82, 2.24) is 19.9 Å². The molecule has 1 aromatic carbocycles. The first kappa shape index (κ1) is 17.5. The Hall–Kier alpha value is -2.87. The van der Waals surface area contributed by atoms with Crippen LogP contribution in [0.4, 0.5) is 10.3 Å². The van der Waals surface area contributed by atoms with Gasteiger partial charge in [0.1, 0.15) is 10.7 Å². The number of aromatic nitrogens is 3. The van der Waals surface area contributed by atoms with E-state index in [1.54, 1.807) is 23.8 Å². The molecule has 3 aromatic rings. The number of hydrogen-bond acceptors (Lipinski definition) is 6. The molecule has 27 heavy (non-hydrogen) atoms. The van der Waals surface area contributed by atoms with Crippen LogP contribution in [-0.4, -0.2) is 32.3 Å². The first-order valence-corrected chi connectivity index (χ1v) is 9.52. The molecule has 6 nitrogen and oxygen atoms in total. The van der Waals surface area contributed by atoms with E-state index in [1.807, 2.05) is 11.8 Å². The Morgan fingerprint density at radius 2 is 2.07 bits per heavy atom. The van der Waals surface area contributed by atoms with E-state index in [1.165, 1.54) is 23.5 Å². The van der Waals surface area contributed by atoms with Gasteiger partial charge in [-0.05, 0) is 37.5 Å². The quantitative estimate of drug-likeness (QED) is 0.747. The van der Waals surface area contributed by atoms with Gasteiger partial charge in [0.2, 0.25) is 5.95 Å². The molecule has 1 atom stereocenters. The van der Waals surface area contributed by atoms with E-state index in [0.717, 1.165) is 29.7 Å². The lowest BCUT2D eigenvalue weighted by atomic mass is 9.99. The minimum atomic E-state index is -0.310. The number of rotatable bonds is 3. The topological polar surface area (TPSA) is 85.0 Å². The van der Waals surface area contributed by atoms with Gasteiger partial charge in [-0.2, -0.15) is 0 Å². The highest BCUT2D eigenvalue weighted by molar-refractivity contribution is 7.11. The maximum atomic E-state index is 13.3. The highest BCUT2D eigenvalue weighted by atomic mass is 32.1. The molecule has 0 saturated carbocycles. The largest absolute Gasteiger partial charge is 0.368 e. The molecular weight excluding hydrogens is 365 g/mol. The van der Waals surface area contributed by atoms with Crippen molar-refractivity contribution in [1.29, 1.82) is 0 Å². The fourth-order valence-electron chi connectivity index (χ4n) is 3.45. The second-order valence-electron chi connectivity index (χ2n) is 6.46. The van der Waals surface area contributed by atoms with Crippen LogP contribution in [0.2, 0.25) is 0 Å². The van der Waals surface area contributed by atoms with Crippen LogP contribution >= 0.6 is 11.3 Å². The summed E-state index contributed by atoms with van der Waals surface area (Å²) in [5.74, 6) is -0.195. The van der Waals surface area contributed by atoms with Crippen molar-refractivity contribution in [2.75, 3.05) is 12.3 Å². The van der Waals surface area contributed by atoms with Crippen molar-refractivity contribution in [3.63, 3.8) is 0 Å². The van der Waals surface area contributed by atoms with Gasteiger partial charge < -0.3 is 10.6 Å². The molecular formula is C19H18FN5OS. The van der Waals surface area contributed by atoms with E-state index in [0.29, 0.717) is 17.1 Å². The zero-order chi connectivity index (χ0) is 19.0. The molecule has 2 N–H and O–H groups in total. The molecule has 2 aromatic heterocycles. The third-order valence-electron chi connectivity index (χ3n) is 4.76. The Morgan fingerprint density at radius 3 is 2.78 bits per heavy atom. The standard InChI is InChI=1S/C19H18FN5OS/c1-11-17(27-10-23-11)18(26)25-8-2-3-15(25)16-14(9-22-19(21)24-16)12-4-6-13(20)7-5-12/h4-7,9-10,15H,2-3,8H2,1H3,(H2,21,22,24). The molecule has 8 heteroatoms. The summed E-state index contributed by atoms with van der Waals surface area (Å²) in [4.78, 5) is 28.3. The number of anilines is 1. The monoisotopic (exact) mass is 383 g/mol. The van der Waals surface area contributed by atoms with Crippen LogP contribution in [0.3, 0.4) is 0 Å². The van der Waals surface area contributed by atoms with Crippen molar-refractivity contribution in [3.8, 4) is 11.1 Å². The highest BCUT2D eigenvalue weighted by Gasteiger charge is 2.34. The van der Waals surface area contributed by atoms with Gasteiger partial charge in [-0.1, -0.05) is 12.1 Å². The summed E-state index contributed by atoms with van der Waals surface area (Å²) >= 11 is 1.35. The summed E-state index contributed by atoms with van der Waals surface area (Å²) in [6.07, 6.45) is 3.30. The normalized spacial score (nSPS) is 16.7. The lowest BCUT2D eigenvalue weighted by Crippen LogP contribution is -2.31. The van der Waals surface area contributed by atoms with E-state index in [9.17, 15) is 9.18 Å². The van der Waals surface area contributed by atoms with Crippen LogP contribution in [0.5, 0.6) is 0 Å². The molecule has 1 amide bonds. The van der Waals surface area contributed by atoms with Gasteiger partial charge in [0, 0.05) is 18.3 Å². The number of amides is 1. The van der Waals surface area contributed by atoms with Gasteiger partial charge in [0.25, 0.3) is 5.91 Å². The van der Waals surface area contributed by atoms with E-state index in [4.69, 9.17) is 5.73 Å². The van der Waals surface area contributed by atoms with Crippen LogP contribution in [0, 0.1) is 12.7 Å². The fraction of sp³-hybridized carbons (Fsp3) is 0.263. The van der Waals surface area contributed by atoms with Crippen LogP contribution in [0.15, 0.2) is 36.0 Å². The Bertz CT molecular complexity index is 988. The van der Waals surface area contributed by atoms with Crippen LogP contribution in [-0.2, 0) is 0 Å². The van der Waals surface area contributed by atoms with Gasteiger partial charge in [0.05, 0.1) is 22.9 Å². The molecule has 0 bridgehead atoms. The smallest absolute Gasteiger partial charge is 0.266 e. The number of aryl methyl sites for hydroxylation is 1. The lowest BCUT2D eigenvalue weighted by Gasteiger charge is -2.25. The van der Waals surface area contributed by atoms with Gasteiger partial charge in [-0.25, -0.2) is 19.3 Å². The first-order chi connectivity index (χ1) is 13.0. The molecule has 1 aliphatic rings. The summed E-state index contributed by atoms with van der Waals surface area (Å²) in [5.41, 5.74) is 10.5. The summed E-state index contributed by atoms with van der Waals surface area (Å²) in [6, 6.07) is 5.95. The zero-order valence-corrected chi connectivity index (χ0v) is 15.5. The van der Waals surface area contributed by atoms with E-state index < -0.39 is 0 Å². The summed E-state index contributed by atoms with van der Waals surface area (Å²) in [7, 11) is 0. The number of benzene rings is 1. The maximum absolute atomic E-state index is 13.3. The Morgan fingerprint density at radius 1 is 1.30 bits per heavy atom. The number of carbonyl (C=O) groups excluding carboxylic acids is 1. The second kappa shape index (κ2) is 7.03. The molecule has 0 radical (unpaired) electrons. The number of likely N-dealkylation sites (tertiary alicyclic amines) is 1. The molecule has 1 unspecified atom stereocenters. The number of carbonyl (C=O) groups is 1. The summed E-state index contributed by atoms with van der Waals surface area (Å²) < 4.78 is 13.3. The zero-order valence-electron chi connectivity index (χ0n) is 14.7. The van der Waals surface area contributed by atoms with E-state index >= 15 is 0 Å². The van der Waals surface area contributed by atoms with E-state index in [-0.39, 0.29) is 23.7 Å². The number of thiazole rings is 1. The van der Waals surface area contributed by atoms with E-state index in [2.05, 4.69) is 15.0 Å². The molecule has 138 valence electrons. The predicted molar refractivity (Wildman–Crippen MR) is 102 cm³/mol. The molecule has 1 fully saturated rings. The average Bonchev–Trinajstić information content (AvgIpc) is 3.31. The summed E-state index contributed by atoms with van der Waals surface area (Å²) in [6.45, 7) is 2.48. The second-order valence-corrected chi connectivity index (χ2v) is 7.31. The Balaban J connectivity index is 1.75. The molecule has 3 heterocycles. The first-order valence-electron chi connectivity index (χ1n) is 8.64. The van der Waals surface area contributed by atoms with Gasteiger partial charge in [-0.15, -0.1) is 11.3 Å². The van der Waals surface area contributed by atoms with Gasteiger partial charge >= 0.3 is 0 Å². The third kappa shape index (κ3) is 3.28. The number of halogens is 1. The molecule has 0 aliphatic carbocycles. The summed E-state index contributed by atoms with van der Waals surface area (Å²) in [5, 5.41) is 0. The molecule has 1 saturated heterocycles. The van der Waals surface area contributed by atoms with Crippen molar-refractivity contribution in [3.05, 3.63) is 58.1 Å². The predicted octanol–water partition coefficient (Wildman–Crippen LogP) is 3.61. The molecule has 4 rings (SSSR count). The van der Waals surface area contributed by atoms with Gasteiger partial charge in [0.15, 0.2) is 0 Å². The number of nitrogens with zero attached hydrogens (tertiary/aromatic N) is 4. The van der Waals surface area contributed by atoms with Gasteiger partial charge in [-0.3, -0.25) is 4.79 Å². The van der Waals surface area contributed by atoms with Crippen LogP contribution < -0.4 is 5.73 Å². The molecule has 1 aliphatic heterocycles. The number of nitrogens with two attached hydrogens (primary N) is 1. The van der Waals surface area contributed by atoms with Crippen molar-refractivity contribution in [2.24, 2.45) is 0 Å². The van der Waals surface area contributed by atoms with Crippen LogP contribution in [0.25, 0.3) is 11.1 Å². The van der Waals surface area contributed by atoms with Crippen molar-refractivity contribution >= 4 is 23.2 Å². The Labute approximate surface area is 159 Å². The average molecular weight is 383 g/mol. The van der Waals surface area contributed by atoms with Crippen LogP contribution in [0.1, 0.15) is 39.9 Å². The minimum absolute atomic E-state index is 0.0419.